The first-order valence-electron chi connectivity index (χ1n) is 7.36. The molecule has 1 N–H and O–H groups in total. The second-order valence-corrected chi connectivity index (χ2v) is 6.36. The topological polar surface area (TPSA) is 51.0 Å². The van der Waals surface area contributed by atoms with Gasteiger partial charge in [0, 0.05) is 16.1 Å². The number of benzene rings is 1. The molecule has 0 bridgehead atoms. The number of hydrogen-bond donors (Lipinski definition) is 1. The third kappa shape index (κ3) is 3.92. The molecule has 0 aliphatic carbocycles. The molecule has 2 aromatic rings. The lowest BCUT2D eigenvalue weighted by Crippen LogP contribution is -2.31. The molecule has 1 aromatic carbocycles. The van der Waals surface area contributed by atoms with Crippen molar-refractivity contribution in [2.45, 2.75) is 46.1 Å². The van der Waals surface area contributed by atoms with Crippen LogP contribution >= 0.6 is 15.9 Å². The molecule has 2 atom stereocenters. The summed E-state index contributed by atoms with van der Waals surface area (Å²) in [5.74, 6) is 1.53. The number of aromatic nitrogens is 2. The molecule has 5 heteroatoms. The Morgan fingerprint density at radius 1 is 1.33 bits per heavy atom. The van der Waals surface area contributed by atoms with Crippen LogP contribution in [0, 0.1) is 6.92 Å². The van der Waals surface area contributed by atoms with Gasteiger partial charge in [0.05, 0.1) is 5.92 Å². The van der Waals surface area contributed by atoms with E-state index < -0.39 is 0 Å². The van der Waals surface area contributed by atoms with E-state index in [2.05, 4.69) is 58.2 Å². The first-order valence-corrected chi connectivity index (χ1v) is 8.15. The molecule has 114 valence electrons. The first-order chi connectivity index (χ1) is 10.0. The quantitative estimate of drug-likeness (QED) is 0.842. The van der Waals surface area contributed by atoms with Gasteiger partial charge in [0.25, 0.3) is 0 Å². The molecule has 0 saturated heterocycles. The lowest BCUT2D eigenvalue weighted by atomic mass is 10.0. The summed E-state index contributed by atoms with van der Waals surface area (Å²) >= 11 is 3.47. The molecule has 0 saturated carbocycles. The van der Waals surface area contributed by atoms with Crippen molar-refractivity contribution < 1.29 is 4.52 Å². The lowest BCUT2D eigenvalue weighted by Gasteiger charge is -2.17. The Morgan fingerprint density at radius 3 is 2.76 bits per heavy atom. The molecule has 0 aliphatic heterocycles. The van der Waals surface area contributed by atoms with Gasteiger partial charge < -0.3 is 9.84 Å². The predicted molar refractivity (Wildman–Crippen MR) is 88.3 cm³/mol. The van der Waals surface area contributed by atoms with E-state index in [0.717, 1.165) is 28.6 Å². The summed E-state index contributed by atoms with van der Waals surface area (Å²) in [6.45, 7) is 9.46. The number of aryl methyl sites for hydroxylation is 1. The molecule has 0 amide bonds. The monoisotopic (exact) mass is 351 g/mol. The Morgan fingerprint density at radius 2 is 2.10 bits per heavy atom. The highest BCUT2D eigenvalue weighted by Crippen LogP contribution is 2.26. The zero-order valence-electron chi connectivity index (χ0n) is 13.0. The van der Waals surface area contributed by atoms with Crippen LogP contribution < -0.4 is 5.32 Å². The van der Waals surface area contributed by atoms with Crippen LogP contribution in [-0.4, -0.2) is 22.7 Å². The van der Waals surface area contributed by atoms with Gasteiger partial charge in [-0.1, -0.05) is 34.9 Å². The minimum atomic E-state index is 0.188. The Kier molecular flexibility index (Phi) is 5.53. The van der Waals surface area contributed by atoms with E-state index in [1.807, 2.05) is 19.1 Å². The summed E-state index contributed by atoms with van der Waals surface area (Å²) in [5.41, 5.74) is 2.14. The lowest BCUT2D eigenvalue weighted by molar-refractivity contribution is 0.331. The minimum absolute atomic E-state index is 0.188. The molecule has 0 aliphatic rings. The molecule has 21 heavy (non-hydrogen) atoms. The molecule has 0 spiro atoms. The van der Waals surface area contributed by atoms with Crippen LogP contribution in [0.3, 0.4) is 0 Å². The third-order valence-electron chi connectivity index (χ3n) is 3.73. The summed E-state index contributed by atoms with van der Waals surface area (Å²) < 4.78 is 6.51. The van der Waals surface area contributed by atoms with Crippen molar-refractivity contribution in [2.75, 3.05) is 6.54 Å². The zero-order valence-corrected chi connectivity index (χ0v) is 14.6. The second kappa shape index (κ2) is 7.18. The number of nitrogens with one attached hydrogen (secondary N) is 1. The summed E-state index contributed by atoms with van der Waals surface area (Å²) in [6, 6.07) is 6.37. The van der Waals surface area contributed by atoms with E-state index in [9.17, 15) is 0 Å². The molecule has 2 unspecified atom stereocenters. The fourth-order valence-corrected chi connectivity index (χ4v) is 2.65. The Labute approximate surface area is 134 Å². The van der Waals surface area contributed by atoms with Crippen LogP contribution in [0.15, 0.2) is 27.2 Å². The molecular weight excluding hydrogens is 330 g/mol. The Hall–Kier alpha value is -1.20. The van der Waals surface area contributed by atoms with E-state index >= 15 is 0 Å². The summed E-state index contributed by atoms with van der Waals surface area (Å²) in [6.07, 6.45) is 1.12. The minimum Gasteiger partial charge on any atom is -0.339 e. The normalized spacial score (nSPS) is 14.1. The van der Waals surface area contributed by atoms with Gasteiger partial charge >= 0.3 is 0 Å². The maximum atomic E-state index is 5.45. The fourth-order valence-electron chi connectivity index (χ4n) is 2.17. The van der Waals surface area contributed by atoms with E-state index in [-0.39, 0.29) is 5.92 Å². The molecule has 1 aromatic heterocycles. The predicted octanol–water partition coefficient (Wildman–Crippen LogP) is 4.30. The van der Waals surface area contributed by atoms with Crippen LogP contribution in [0.1, 0.15) is 44.6 Å². The summed E-state index contributed by atoms with van der Waals surface area (Å²) in [5, 5.41) is 7.60. The summed E-state index contributed by atoms with van der Waals surface area (Å²) in [7, 11) is 0. The SMILES string of the molecule is CCCNC(C)C(C)c1nc(-c2ccc(Br)cc2C)no1. The van der Waals surface area contributed by atoms with Crippen molar-refractivity contribution in [3.05, 3.63) is 34.1 Å². The number of nitrogens with zero attached hydrogens (tertiary/aromatic N) is 2. The maximum Gasteiger partial charge on any atom is 0.231 e. The van der Waals surface area contributed by atoms with Gasteiger partial charge in [-0.05, 0) is 50.6 Å². The van der Waals surface area contributed by atoms with Crippen molar-refractivity contribution in [3.63, 3.8) is 0 Å². The first kappa shape index (κ1) is 16.2. The van der Waals surface area contributed by atoms with E-state index in [1.165, 1.54) is 0 Å². The third-order valence-corrected chi connectivity index (χ3v) is 4.22. The zero-order chi connectivity index (χ0) is 15.4. The molecule has 0 radical (unpaired) electrons. The van der Waals surface area contributed by atoms with Gasteiger partial charge in [0.2, 0.25) is 11.7 Å². The van der Waals surface area contributed by atoms with Crippen molar-refractivity contribution in [3.8, 4) is 11.4 Å². The smallest absolute Gasteiger partial charge is 0.231 e. The van der Waals surface area contributed by atoms with E-state index in [4.69, 9.17) is 4.52 Å². The average molecular weight is 352 g/mol. The van der Waals surface area contributed by atoms with Gasteiger partial charge in [-0.25, -0.2) is 0 Å². The molecule has 0 fully saturated rings. The van der Waals surface area contributed by atoms with E-state index in [1.54, 1.807) is 0 Å². The Balaban J connectivity index is 2.17. The van der Waals surface area contributed by atoms with Gasteiger partial charge in [-0.3, -0.25) is 0 Å². The van der Waals surface area contributed by atoms with Crippen molar-refractivity contribution in [1.82, 2.24) is 15.5 Å². The van der Waals surface area contributed by atoms with Crippen LogP contribution in [0.5, 0.6) is 0 Å². The highest BCUT2D eigenvalue weighted by Gasteiger charge is 2.21. The van der Waals surface area contributed by atoms with Crippen LogP contribution in [0.25, 0.3) is 11.4 Å². The highest BCUT2D eigenvalue weighted by atomic mass is 79.9. The second-order valence-electron chi connectivity index (χ2n) is 5.45. The number of halogens is 1. The van der Waals surface area contributed by atoms with Crippen molar-refractivity contribution >= 4 is 15.9 Å². The fraction of sp³-hybridized carbons (Fsp3) is 0.500. The van der Waals surface area contributed by atoms with Crippen molar-refractivity contribution in [2.24, 2.45) is 0 Å². The molecular formula is C16H22BrN3O. The molecule has 2 rings (SSSR count). The number of rotatable bonds is 6. The summed E-state index contributed by atoms with van der Waals surface area (Å²) in [4.78, 5) is 4.57. The van der Waals surface area contributed by atoms with Crippen LogP contribution in [0.4, 0.5) is 0 Å². The highest BCUT2D eigenvalue weighted by molar-refractivity contribution is 9.10. The van der Waals surface area contributed by atoms with Gasteiger partial charge in [-0.2, -0.15) is 4.98 Å². The van der Waals surface area contributed by atoms with Crippen LogP contribution in [0.2, 0.25) is 0 Å². The number of hydrogen-bond acceptors (Lipinski definition) is 4. The largest absolute Gasteiger partial charge is 0.339 e. The van der Waals surface area contributed by atoms with E-state index in [0.29, 0.717) is 17.8 Å². The Bertz CT molecular complexity index is 597. The van der Waals surface area contributed by atoms with Gasteiger partial charge in [-0.15, -0.1) is 0 Å². The average Bonchev–Trinajstić information content (AvgIpc) is 2.93. The molecule has 1 heterocycles. The van der Waals surface area contributed by atoms with Gasteiger partial charge in [0.15, 0.2) is 0 Å². The molecule has 4 nitrogen and oxygen atoms in total. The van der Waals surface area contributed by atoms with Gasteiger partial charge in [0.1, 0.15) is 0 Å². The van der Waals surface area contributed by atoms with Crippen molar-refractivity contribution in [1.29, 1.82) is 0 Å². The maximum absolute atomic E-state index is 5.45. The standard InChI is InChI=1S/C16H22BrN3O/c1-5-8-18-12(4)11(3)16-19-15(20-21-16)14-7-6-13(17)9-10(14)2/h6-7,9,11-12,18H,5,8H2,1-4H3. The van der Waals surface area contributed by atoms with Crippen LogP contribution in [-0.2, 0) is 0 Å².